The number of anilines is 1. The number of nitrogens with one attached hydrogen (secondary N) is 1. The van der Waals surface area contributed by atoms with Crippen LogP contribution < -0.4 is 11.1 Å². The second-order valence-electron chi connectivity index (χ2n) is 6.83. The summed E-state index contributed by atoms with van der Waals surface area (Å²) in [5, 5.41) is 3.10. The van der Waals surface area contributed by atoms with Crippen molar-refractivity contribution in [1.29, 1.82) is 0 Å². The molecule has 2 rings (SSSR count). The highest BCUT2D eigenvalue weighted by Gasteiger charge is 2.35. The van der Waals surface area contributed by atoms with Gasteiger partial charge in [0.25, 0.3) is 0 Å². The van der Waals surface area contributed by atoms with E-state index in [4.69, 9.17) is 5.73 Å². The monoisotopic (exact) mass is 288 g/mol. The molecule has 21 heavy (non-hydrogen) atoms. The minimum atomic E-state index is 0.135. The van der Waals surface area contributed by atoms with Gasteiger partial charge in [-0.1, -0.05) is 39.3 Å². The number of carbonyl (C=O) groups is 1. The molecule has 1 aromatic carbocycles. The van der Waals surface area contributed by atoms with Gasteiger partial charge >= 0.3 is 0 Å². The Hall–Kier alpha value is -1.35. The van der Waals surface area contributed by atoms with Gasteiger partial charge in [0.05, 0.1) is 0 Å². The summed E-state index contributed by atoms with van der Waals surface area (Å²) in [4.78, 5) is 12.7. The van der Waals surface area contributed by atoms with Crippen LogP contribution in [-0.4, -0.2) is 5.91 Å². The molecule has 3 nitrogen and oxygen atoms in total. The third-order valence-corrected chi connectivity index (χ3v) is 4.79. The Balaban J connectivity index is 2.09. The van der Waals surface area contributed by atoms with Crippen LogP contribution in [0.2, 0.25) is 0 Å². The summed E-state index contributed by atoms with van der Waals surface area (Å²) in [5.74, 6) is 2.01. The fourth-order valence-corrected chi connectivity index (χ4v) is 3.51. The number of hydrogen-bond acceptors (Lipinski definition) is 2. The van der Waals surface area contributed by atoms with Crippen molar-refractivity contribution in [2.45, 2.75) is 46.6 Å². The molecule has 0 aromatic heterocycles. The fraction of sp³-hybridized carbons (Fsp3) is 0.611. The number of nitrogens with two attached hydrogens (primary N) is 1. The highest BCUT2D eigenvalue weighted by Crippen LogP contribution is 2.38. The molecule has 3 N–H and O–H groups in total. The Bertz CT molecular complexity index is 484. The van der Waals surface area contributed by atoms with Crippen LogP contribution in [0.15, 0.2) is 24.3 Å². The van der Waals surface area contributed by atoms with Crippen LogP contribution >= 0.6 is 0 Å². The second kappa shape index (κ2) is 7.08. The molecule has 116 valence electrons. The van der Waals surface area contributed by atoms with E-state index in [-0.39, 0.29) is 11.8 Å². The summed E-state index contributed by atoms with van der Waals surface area (Å²) < 4.78 is 0. The molecule has 1 aromatic rings. The Kier molecular flexibility index (Phi) is 5.40. The standard InChI is InChI=1S/C18H28N2O/c1-12(2)16-8-7-13(3)9-17(16)18(21)20-15-6-4-5-14(10-15)11-19/h4-6,10,12-13,16-17H,7-9,11,19H2,1-3H3,(H,20,21)/t13-,16+,17-/m1/s1. The smallest absolute Gasteiger partial charge is 0.227 e. The van der Waals surface area contributed by atoms with Crippen molar-refractivity contribution >= 4 is 11.6 Å². The largest absolute Gasteiger partial charge is 0.326 e. The van der Waals surface area contributed by atoms with Crippen molar-refractivity contribution in [2.24, 2.45) is 29.4 Å². The first-order valence-electron chi connectivity index (χ1n) is 8.11. The SMILES string of the molecule is CC(C)[C@@H]1CC[C@@H](C)C[C@H]1C(=O)Nc1cccc(CN)c1. The molecule has 0 radical (unpaired) electrons. The van der Waals surface area contributed by atoms with Crippen LogP contribution in [0.25, 0.3) is 0 Å². The third-order valence-electron chi connectivity index (χ3n) is 4.79. The van der Waals surface area contributed by atoms with Gasteiger partial charge in [-0.25, -0.2) is 0 Å². The summed E-state index contributed by atoms with van der Waals surface area (Å²) in [6, 6.07) is 7.83. The minimum absolute atomic E-state index is 0.135. The molecular weight excluding hydrogens is 260 g/mol. The van der Waals surface area contributed by atoms with Gasteiger partial charge in [0.2, 0.25) is 5.91 Å². The molecule has 3 atom stereocenters. The molecule has 0 heterocycles. The van der Waals surface area contributed by atoms with Gasteiger partial charge < -0.3 is 11.1 Å². The van der Waals surface area contributed by atoms with E-state index in [1.807, 2.05) is 24.3 Å². The lowest BCUT2D eigenvalue weighted by atomic mass is 9.70. The minimum Gasteiger partial charge on any atom is -0.326 e. The van der Waals surface area contributed by atoms with E-state index < -0.39 is 0 Å². The van der Waals surface area contributed by atoms with Gasteiger partial charge in [-0.15, -0.1) is 0 Å². The van der Waals surface area contributed by atoms with E-state index in [1.165, 1.54) is 12.8 Å². The average molecular weight is 288 g/mol. The Morgan fingerprint density at radius 3 is 2.81 bits per heavy atom. The van der Waals surface area contributed by atoms with E-state index in [9.17, 15) is 4.79 Å². The molecular formula is C18H28N2O. The molecule has 0 saturated heterocycles. The van der Waals surface area contributed by atoms with Crippen LogP contribution in [0.3, 0.4) is 0 Å². The van der Waals surface area contributed by atoms with Crippen molar-refractivity contribution in [3.05, 3.63) is 29.8 Å². The van der Waals surface area contributed by atoms with E-state index in [0.29, 0.717) is 24.3 Å². The van der Waals surface area contributed by atoms with Crippen LogP contribution in [0.5, 0.6) is 0 Å². The molecule has 1 fully saturated rings. The number of benzene rings is 1. The maximum Gasteiger partial charge on any atom is 0.227 e. The summed E-state index contributed by atoms with van der Waals surface area (Å²) in [7, 11) is 0. The van der Waals surface area contributed by atoms with Gasteiger partial charge in [-0.05, 0) is 48.3 Å². The zero-order valence-electron chi connectivity index (χ0n) is 13.4. The first-order chi connectivity index (χ1) is 10.0. The zero-order chi connectivity index (χ0) is 15.4. The molecule has 1 saturated carbocycles. The van der Waals surface area contributed by atoms with Crippen LogP contribution in [-0.2, 0) is 11.3 Å². The maximum atomic E-state index is 12.7. The van der Waals surface area contributed by atoms with Gasteiger partial charge in [0.1, 0.15) is 0 Å². The first-order valence-corrected chi connectivity index (χ1v) is 8.11. The lowest BCUT2D eigenvalue weighted by Gasteiger charge is -2.36. The topological polar surface area (TPSA) is 55.1 Å². The third kappa shape index (κ3) is 4.07. The van der Waals surface area contributed by atoms with E-state index in [0.717, 1.165) is 17.7 Å². The first kappa shape index (κ1) is 16.0. The number of rotatable bonds is 4. The maximum absolute atomic E-state index is 12.7. The molecule has 0 bridgehead atoms. The predicted molar refractivity (Wildman–Crippen MR) is 87.8 cm³/mol. The van der Waals surface area contributed by atoms with Gasteiger partial charge in [0.15, 0.2) is 0 Å². The van der Waals surface area contributed by atoms with Crippen molar-refractivity contribution in [3.63, 3.8) is 0 Å². The molecule has 1 amide bonds. The van der Waals surface area contributed by atoms with Crippen molar-refractivity contribution in [1.82, 2.24) is 0 Å². The molecule has 1 aliphatic carbocycles. The van der Waals surface area contributed by atoms with Crippen molar-refractivity contribution in [2.75, 3.05) is 5.32 Å². The lowest BCUT2D eigenvalue weighted by Crippen LogP contribution is -2.36. The average Bonchev–Trinajstić information content (AvgIpc) is 2.47. The van der Waals surface area contributed by atoms with Gasteiger partial charge in [0, 0.05) is 18.2 Å². The Morgan fingerprint density at radius 1 is 1.38 bits per heavy atom. The van der Waals surface area contributed by atoms with Gasteiger partial charge in [-0.2, -0.15) is 0 Å². The molecule has 0 unspecified atom stereocenters. The van der Waals surface area contributed by atoms with E-state index in [1.54, 1.807) is 0 Å². The fourth-order valence-electron chi connectivity index (χ4n) is 3.51. The summed E-state index contributed by atoms with van der Waals surface area (Å²) >= 11 is 0. The van der Waals surface area contributed by atoms with Crippen LogP contribution in [0.1, 0.15) is 45.6 Å². The van der Waals surface area contributed by atoms with Gasteiger partial charge in [-0.3, -0.25) is 4.79 Å². The van der Waals surface area contributed by atoms with Crippen LogP contribution in [0.4, 0.5) is 5.69 Å². The number of amides is 1. The van der Waals surface area contributed by atoms with Crippen LogP contribution in [0, 0.1) is 23.7 Å². The van der Waals surface area contributed by atoms with Crippen molar-refractivity contribution in [3.8, 4) is 0 Å². The number of carbonyl (C=O) groups excluding carboxylic acids is 1. The second-order valence-corrected chi connectivity index (χ2v) is 6.83. The molecule has 0 spiro atoms. The number of hydrogen-bond donors (Lipinski definition) is 2. The summed E-state index contributed by atoms with van der Waals surface area (Å²) in [6.45, 7) is 7.22. The Morgan fingerprint density at radius 2 is 2.14 bits per heavy atom. The Labute approximate surface area is 128 Å². The molecule has 0 aliphatic heterocycles. The molecule has 1 aliphatic rings. The summed E-state index contributed by atoms with van der Waals surface area (Å²) in [6.07, 6.45) is 3.42. The normalized spacial score (nSPS) is 25.9. The highest BCUT2D eigenvalue weighted by atomic mass is 16.1. The lowest BCUT2D eigenvalue weighted by molar-refractivity contribution is -0.123. The quantitative estimate of drug-likeness (QED) is 0.885. The highest BCUT2D eigenvalue weighted by molar-refractivity contribution is 5.92. The van der Waals surface area contributed by atoms with E-state index in [2.05, 4.69) is 26.1 Å². The zero-order valence-corrected chi connectivity index (χ0v) is 13.4. The predicted octanol–water partition coefficient (Wildman–Crippen LogP) is 3.79. The van der Waals surface area contributed by atoms with Crippen molar-refractivity contribution < 1.29 is 4.79 Å². The molecule has 3 heteroatoms. The van der Waals surface area contributed by atoms with E-state index >= 15 is 0 Å². The summed E-state index contributed by atoms with van der Waals surface area (Å²) in [5.41, 5.74) is 7.57.